The molecule has 0 radical (unpaired) electrons. The zero-order chi connectivity index (χ0) is 25.7. The van der Waals surface area contributed by atoms with Crippen LogP contribution >= 0.6 is 0 Å². The Hall–Kier alpha value is -4.45. The van der Waals surface area contributed by atoms with Gasteiger partial charge in [0.15, 0.2) is 0 Å². The van der Waals surface area contributed by atoms with E-state index >= 15 is 0 Å². The molecular formula is C24H25N5O7. The topological polar surface area (TPSA) is 145 Å². The maximum absolute atomic E-state index is 12.6. The molecule has 0 bridgehead atoms. The monoisotopic (exact) mass is 495 g/mol. The van der Waals surface area contributed by atoms with Crippen molar-refractivity contribution < 1.29 is 33.0 Å². The van der Waals surface area contributed by atoms with Crippen LogP contribution in [0.2, 0.25) is 0 Å². The Labute approximate surface area is 206 Å². The van der Waals surface area contributed by atoms with Crippen molar-refractivity contribution >= 4 is 23.9 Å². The number of benzene rings is 2. The quantitative estimate of drug-likeness (QED) is 0.318. The molecule has 2 N–H and O–H groups in total. The summed E-state index contributed by atoms with van der Waals surface area (Å²) in [4.78, 5) is 38.4. The van der Waals surface area contributed by atoms with Gasteiger partial charge in [-0.15, -0.1) is 5.10 Å². The molecule has 0 aliphatic carbocycles. The Kier molecular flexibility index (Phi) is 7.15. The molecule has 1 saturated heterocycles. The van der Waals surface area contributed by atoms with E-state index in [0.29, 0.717) is 30.0 Å². The lowest BCUT2D eigenvalue weighted by Gasteiger charge is -2.34. The van der Waals surface area contributed by atoms with Gasteiger partial charge in [0.05, 0.1) is 6.61 Å². The van der Waals surface area contributed by atoms with Crippen molar-refractivity contribution in [3.05, 3.63) is 48.5 Å². The lowest BCUT2D eigenvalue weighted by atomic mass is 9.95. The van der Waals surface area contributed by atoms with Crippen molar-refractivity contribution in [2.45, 2.75) is 18.9 Å². The summed E-state index contributed by atoms with van der Waals surface area (Å²) in [5, 5.41) is 12.2. The Morgan fingerprint density at radius 1 is 0.889 bits per heavy atom. The van der Waals surface area contributed by atoms with Gasteiger partial charge in [0.2, 0.25) is 5.89 Å². The minimum atomic E-state index is -1.94. The third-order valence-electron chi connectivity index (χ3n) is 5.24. The fraction of sp³-hybridized carbons (Fsp3) is 0.292. The molecule has 12 nitrogen and oxygen atoms in total. The molecule has 1 fully saturated rings. The van der Waals surface area contributed by atoms with E-state index in [1.807, 2.05) is 14.1 Å². The van der Waals surface area contributed by atoms with Gasteiger partial charge in [-0.05, 0) is 55.5 Å². The zero-order valence-electron chi connectivity index (χ0n) is 19.9. The molecule has 12 heteroatoms. The van der Waals surface area contributed by atoms with Crippen LogP contribution in [0, 0.1) is 0 Å². The standard InChI is InChI=1S/C24H25N5O7/c1-4-33-14-13-24(20(30)25-22(32)26-21(24)31)36-18-11-9-17(10-12-18)34-16-7-5-15(6-8-16)19-27-28-23(35-19)29(2)3/h5-12H,4,13-14H2,1-3H3,(H2,25,26,30,31,32). The fourth-order valence-electron chi connectivity index (χ4n) is 3.36. The van der Waals surface area contributed by atoms with Gasteiger partial charge >= 0.3 is 12.0 Å². The van der Waals surface area contributed by atoms with Crippen LogP contribution in [0.1, 0.15) is 13.3 Å². The molecule has 1 aliphatic rings. The van der Waals surface area contributed by atoms with Gasteiger partial charge in [-0.3, -0.25) is 20.2 Å². The second-order valence-electron chi connectivity index (χ2n) is 8.00. The summed E-state index contributed by atoms with van der Waals surface area (Å²) in [6.07, 6.45) is -0.0769. The van der Waals surface area contributed by atoms with Crippen molar-refractivity contribution in [1.82, 2.24) is 20.8 Å². The van der Waals surface area contributed by atoms with Crippen molar-refractivity contribution in [3.63, 3.8) is 0 Å². The first kappa shape index (κ1) is 24.7. The SMILES string of the molecule is CCOCCC1(Oc2ccc(Oc3ccc(-c4nnc(N(C)C)o4)cc3)cc2)C(=O)NC(=O)NC1=O. The maximum Gasteiger partial charge on any atom is 0.328 e. The number of hydrogen-bond acceptors (Lipinski definition) is 10. The van der Waals surface area contributed by atoms with Gasteiger partial charge in [0, 0.05) is 32.7 Å². The van der Waals surface area contributed by atoms with E-state index in [9.17, 15) is 14.4 Å². The van der Waals surface area contributed by atoms with Crippen molar-refractivity contribution in [3.8, 4) is 28.7 Å². The number of rotatable bonds is 10. The van der Waals surface area contributed by atoms with Gasteiger partial charge in [-0.1, -0.05) is 5.10 Å². The lowest BCUT2D eigenvalue weighted by molar-refractivity contribution is -0.153. The minimum absolute atomic E-state index is 0.0769. The molecular weight excluding hydrogens is 470 g/mol. The lowest BCUT2D eigenvalue weighted by Crippen LogP contribution is -2.69. The van der Waals surface area contributed by atoms with Gasteiger partial charge in [0.25, 0.3) is 17.4 Å². The molecule has 2 aromatic carbocycles. The van der Waals surface area contributed by atoms with E-state index in [-0.39, 0.29) is 18.8 Å². The number of ether oxygens (including phenoxy) is 3. The number of urea groups is 1. The maximum atomic E-state index is 12.6. The van der Waals surface area contributed by atoms with Crippen LogP contribution in [0.5, 0.6) is 17.2 Å². The Morgan fingerprint density at radius 2 is 1.47 bits per heavy atom. The number of aromatic nitrogens is 2. The van der Waals surface area contributed by atoms with E-state index in [1.54, 1.807) is 60.4 Å². The number of anilines is 1. The number of nitrogens with zero attached hydrogens (tertiary/aromatic N) is 3. The number of barbiturate groups is 1. The molecule has 188 valence electrons. The number of nitrogens with one attached hydrogen (secondary N) is 2. The normalized spacial score (nSPS) is 14.7. The van der Waals surface area contributed by atoms with Crippen LogP contribution in [-0.2, 0) is 14.3 Å². The highest BCUT2D eigenvalue weighted by Gasteiger charge is 2.52. The molecule has 2 heterocycles. The van der Waals surface area contributed by atoms with E-state index < -0.39 is 23.4 Å². The van der Waals surface area contributed by atoms with Crippen LogP contribution in [0.4, 0.5) is 10.8 Å². The zero-order valence-corrected chi connectivity index (χ0v) is 19.9. The Bertz CT molecular complexity index is 1220. The summed E-state index contributed by atoms with van der Waals surface area (Å²) in [5.74, 6) is -0.00791. The molecule has 36 heavy (non-hydrogen) atoms. The summed E-state index contributed by atoms with van der Waals surface area (Å²) in [7, 11) is 3.62. The van der Waals surface area contributed by atoms with Crippen molar-refractivity contribution in [1.29, 1.82) is 0 Å². The Morgan fingerprint density at radius 3 is 2.03 bits per heavy atom. The van der Waals surface area contributed by atoms with Crippen molar-refractivity contribution in [2.24, 2.45) is 0 Å². The first-order valence-corrected chi connectivity index (χ1v) is 11.1. The summed E-state index contributed by atoms with van der Waals surface area (Å²) in [5.41, 5.74) is -1.20. The van der Waals surface area contributed by atoms with E-state index in [2.05, 4.69) is 20.8 Å². The molecule has 1 aliphatic heterocycles. The first-order valence-electron chi connectivity index (χ1n) is 11.1. The van der Waals surface area contributed by atoms with Gasteiger partial charge in [0.1, 0.15) is 17.2 Å². The predicted molar refractivity (Wildman–Crippen MR) is 127 cm³/mol. The van der Waals surface area contributed by atoms with Crippen LogP contribution < -0.4 is 25.0 Å². The molecule has 0 atom stereocenters. The molecule has 0 saturated carbocycles. The molecule has 0 unspecified atom stereocenters. The third kappa shape index (κ3) is 5.28. The largest absolute Gasteiger partial charge is 0.467 e. The van der Waals surface area contributed by atoms with E-state index in [4.69, 9.17) is 18.6 Å². The number of amides is 4. The molecule has 4 rings (SSSR count). The highest BCUT2D eigenvalue weighted by molar-refractivity contribution is 6.21. The number of carbonyl (C=O) groups excluding carboxylic acids is 3. The minimum Gasteiger partial charge on any atom is -0.467 e. The summed E-state index contributed by atoms with van der Waals surface area (Å²) >= 11 is 0. The highest BCUT2D eigenvalue weighted by Crippen LogP contribution is 2.30. The average Bonchev–Trinajstić information content (AvgIpc) is 3.35. The molecule has 0 spiro atoms. The summed E-state index contributed by atoms with van der Waals surface area (Å²) < 4.78 is 22.6. The van der Waals surface area contributed by atoms with Crippen LogP contribution in [0.25, 0.3) is 11.5 Å². The summed E-state index contributed by atoms with van der Waals surface area (Å²) in [6.45, 7) is 2.27. The van der Waals surface area contributed by atoms with Crippen LogP contribution in [0.15, 0.2) is 52.9 Å². The smallest absolute Gasteiger partial charge is 0.328 e. The second-order valence-corrected chi connectivity index (χ2v) is 8.00. The van der Waals surface area contributed by atoms with Crippen LogP contribution in [0.3, 0.4) is 0 Å². The van der Waals surface area contributed by atoms with Crippen LogP contribution in [-0.4, -0.2) is 61.0 Å². The predicted octanol–water partition coefficient (Wildman–Crippen LogP) is 2.51. The van der Waals surface area contributed by atoms with Crippen molar-refractivity contribution in [2.75, 3.05) is 32.2 Å². The number of imide groups is 2. The fourth-order valence-corrected chi connectivity index (χ4v) is 3.36. The van der Waals surface area contributed by atoms with Gasteiger partial charge < -0.3 is 23.5 Å². The second kappa shape index (κ2) is 10.4. The molecule has 1 aromatic heterocycles. The first-order chi connectivity index (χ1) is 17.3. The highest BCUT2D eigenvalue weighted by atomic mass is 16.5. The molecule has 4 amide bonds. The third-order valence-corrected chi connectivity index (χ3v) is 5.24. The Balaban J connectivity index is 1.44. The van der Waals surface area contributed by atoms with Gasteiger partial charge in [-0.2, -0.15) is 0 Å². The average molecular weight is 495 g/mol. The summed E-state index contributed by atoms with van der Waals surface area (Å²) in [6, 6.07) is 13.0. The number of hydrogen-bond donors (Lipinski definition) is 2. The number of carbonyl (C=O) groups is 3. The van der Waals surface area contributed by atoms with Gasteiger partial charge in [-0.25, -0.2) is 4.79 Å². The van der Waals surface area contributed by atoms with E-state index in [0.717, 1.165) is 5.56 Å². The van der Waals surface area contributed by atoms with E-state index in [1.165, 1.54) is 0 Å². The molecule has 3 aromatic rings.